The summed E-state index contributed by atoms with van der Waals surface area (Å²) in [5, 5.41) is 10.8. The first-order valence-corrected chi connectivity index (χ1v) is 6.97. The molecule has 2 aromatic carbocycles. The number of hydrogen-bond acceptors (Lipinski definition) is 2. The van der Waals surface area contributed by atoms with Gasteiger partial charge in [0.05, 0.1) is 5.60 Å². The Hall–Kier alpha value is -1.25. The number of rotatable bonds is 0. The average Bonchev–Trinajstić information content (AvgIpc) is 2.43. The second-order valence-electron chi connectivity index (χ2n) is 5.16. The molecule has 0 spiro atoms. The minimum atomic E-state index is -0.791. The van der Waals surface area contributed by atoms with E-state index in [1.807, 2.05) is 13.0 Å². The van der Waals surface area contributed by atoms with Gasteiger partial charge in [-0.1, -0.05) is 47.7 Å². The van der Waals surface area contributed by atoms with E-state index in [9.17, 15) is 5.11 Å². The van der Waals surface area contributed by atoms with Crippen LogP contribution in [0.4, 0.5) is 0 Å². The van der Waals surface area contributed by atoms with Crippen molar-refractivity contribution in [3.8, 4) is 0 Å². The van der Waals surface area contributed by atoms with Crippen molar-refractivity contribution in [1.82, 2.24) is 0 Å². The van der Waals surface area contributed by atoms with E-state index < -0.39 is 5.60 Å². The molecule has 0 saturated carbocycles. The summed E-state index contributed by atoms with van der Waals surface area (Å²) in [4.78, 5) is 2.41. The van der Waals surface area contributed by atoms with Crippen LogP contribution >= 0.6 is 11.8 Å². The van der Waals surface area contributed by atoms with Crippen LogP contribution in [0.1, 0.15) is 23.6 Å². The number of fused-ring (bicyclic) bond motifs is 2. The highest BCUT2D eigenvalue weighted by Crippen LogP contribution is 2.43. The third kappa shape index (κ3) is 1.96. The molecule has 1 unspecified atom stereocenters. The van der Waals surface area contributed by atoms with Crippen molar-refractivity contribution < 1.29 is 5.11 Å². The molecule has 92 valence electrons. The third-order valence-corrected chi connectivity index (χ3v) is 4.64. The minimum absolute atomic E-state index is 0.673. The van der Waals surface area contributed by atoms with Gasteiger partial charge in [0.15, 0.2) is 0 Å². The van der Waals surface area contributed by atoms with Gasteiger partial charge in [0.25, 0.3) is 0 Å². The monoisotopic (exact) mass is 256 g/mol. The van der Waals surface area contributed by atoms with Crippen molar-refractivity contribution in [2.45, 2.75) is 35.7 Å². The first kappa shape index (κ1) is 11.8. The van der Waals surface area contributed by atoms with Crippen LogP contribution in [0.25, 0.3) is 0 Å². The van der Waals surface area contributed by atoms with Crippen LogP contribution in [0.5, 0.6) is 0 Å². The molecule has 18 heavy (non-hydrogen) atoms. The van der Waals surface area contributed by atoms with E-state index in [0.717, 1.165) is 10.5 Å². The first-order valence-electron chi connectivity index (χ1n) is 6.15. The Labute approximate surface area is 112 Å². The van der Waals surface area contributed by atoms with Crippen LogP contribution in [0.2, 0.25) is 0 Å². The van der Waals surface area contributed by atoms with Gasteiger partial charge in [-0.15, -0.1) is 0 Å². The maximum absolute atomic E-state index is 10.8. The van der Waals surface area contributed by atoms with Gasteiger partial charge in [-0.25, -0.2) is 0 Å². The van der Waals surface area contributed by atoms with Gasteiger partial charge in [0.1, 0.15) is 0 Å². The standard InChI is InChI=1S/C16H16OS/c1-11-7-8-15-13(9-11)16(2,17)10-12-5-3-4-6-14(12)18-15/h3-9,17H,10H2,1-2H3. The fourth-order valence-electron chi connectivity index (χ4n) is 2.49. The van der Waals surface area contributed by atoms with Crippen molar-refractivity contribution in [1.29, 1.82) is 0 Å². The Morgan fingerprint density at radius 3 is 2.72 bits per heavy atom. The fourth-order valence-corrected chi connectivity index (χ4v) is 3.67. The zero-order valence-electron chi connectivity index (χ0n) is 10.6. The average molecular weight is 256 g/mol. The summed E-state index contributed by atoms with van der Waals surface area (Å²) < 4.78 is 0. The first-order chi connectivity index (χ1) is 8.56. The number of benzene rings is 2. The molecule has 0 aromatic heterocycles. The second-order valence-corrected chi connectivity index (χ2v) is 6.24. The maximum Gasteiger partial charge on any atom is 0.0920 e. The Bertz CT molecular complexity index is 602. The van der Waals surface area contributed by atoms with E-state index in [4.69, 9.17) is 0 Å². The van der Waals surface area contributed by atoms with Crippen LogP contribution in [-0.4, -0.2) is 5.11 Å². The third-order valence-electron chi connectivity index (χ3n) is 3.44. The van der Waals surface area contributed by atoms with Crippen LogP contribution in [0, 0.1) is 6.92 Å². The molecular weight excluding hydrogens is 240 g/mol. The summed E-state index contributed by atoms with van der Waals surface area (Å²) in [6.07, 6.45) is 0.673. The zero-order valence-corrected chi connectivity index (χ0v) is 11.4. The van der Waals surface area contributed by atoms with Gasteiger partial charge >= 0.3 is 0 Å². The number of aliphatic hydroxyl groups is 1. The molecule has 0 radical (unpaired) electrons. The van der Waals surface area contributed by atoms with Gasteiger partial charge in [0.2, 0.25) is 0 Å². The molecule has 3 rings (SSSR count). The van der Waals surface area contributed by atoms with E-state index in [1.54, 1.807) is 11.8 Å². The zero-order chi connectivity index (χ0) is 12.8. The van der Waals surface area contributed by atoms with Crippen LogP contribution in [0.15, 0.2) is 52.3 Å². The SMILES string of the molecule is Cc1ccc2c(c1)C(C)(O)Cc1ccccc1S2. The lowest BCUT2D eigenvalue weighted by Crippen LogP contribution is -2.24. The molecule has 0 aliphatic carbocycles. The summed E-state index contributed by atoms with van der Waals surface area (Å²) in [7, 11) is 0. The summed E-state index contributed by atoms with van der Waals surface area (Å²) >= 11 is 1.75. The molecule has 0 bridgehead atoms. The lowest BCUT2D eigenvalue weighted by molar-refractivity contribution is 0.0548. The second kappa shape index (κ2) is 4.15. The van der Waals surface area contributed by atoms with Gasteiger partial charge in [-0.2, -0.15) is 0 Å². The lowest BCUT2D eigenvalue weighted by Gasteiger charge is -2.24. The van der Waals surface area contributed by atoms with Crippen molar-refractivity contribution in [3.63, 3.8) is 0 Å². The maximum atomic E-state index is 10.8. The summed E-state index contributed by atoms with van der Waals surface area (Å²) in [5.41, 5.74) is 2.67. The molecule has 0 saturated heterocycles. The fraction of sp³-hybridized carbons (Fsp3) is 0.250. The predicted octanol–water partition coefficient (Wildman–Crippen LogP) is 3.91. The van der Waals surface area contributed by atoms with Crippen LogP contribution < -0.4 is 0 Å². The molecule has 1 atom stereocenters. The Kier molecular flexibility index (Phi) is 2.72. The molecule has 0 amide bonds. The lowest BCUT2D eigenvalue weighted by atomic mass is 9.88. The molecule has 1 nitrogen and oxygen atoms in total. The molecule has 1 aliphatic heterocycles. The molecule has 1 N–H and O–H groups in total. The van der Waals surface area contributed by atoms with Gasteiger partial charge in [0, 0.05) is 16.2 Å². The van der Waals surface area contributed by atoms with Crippen LogP contribution in [-0.2, 0) is 12.0 Å². The summed E-state index contributed by atoms with van der Waals surface area (Å²) in [6, 6.07) is 14.7. The minimum Gasteiger partial charge on any atom is -0.385 e. The highest BCUT2D eigenvalue weighted by molar-refractivity contribution is 7.99. The van der Waals surface area contributed by atoms with Gasteiger partial charge < -0.3 is 5.11 Å². The highest BCUT2D eigenvalue weighted by atomic mass is 32.2. The van der Waals surface area contributed by atoms with Crippen molar-refractivity contribution in [2.75, 3.05) is 0 Å². The summed E-state index contributed by atoms with van der Waals surface area (Å²) in [5.74, 6) is 0. The Balaban J connectivity index is 2.21. The molecule has 0 fully saturated rings. The topological polar surface area (TPSA) is 20.2 Å². The smallest absolute Gasteiger partial charge is 0.0920 e. The van der Waals surface area contributed by atoms with E-state index >= 15 is 0 Å². The van der Waals surface area contributed by atoms with E-state index in [0.29, 0.717) is 6.42 Å². The molecule has 1 heterocycles. The quantitative estimate of drug-likeness (QED) is 0.771. The van der Waals surface area contributed by atoms with E-state index in [1.165, 1.54) is 16.0 Å². The number of aryl methyl sites for hydroxylation is 1. The largest absolute Gasteiger partial charge is 0.385 e. The van der Waals surface area contributed by atoms with Crippen LogP contribution in [0.3, 0.4) is 0 Å². The predicted molar refractivity (Wildman–Crippen MR) is 75.0 cm³/mol. The molecule has 2 heteroatoms. The van der Waals surface area contributed by atoms with Crippen molar-refractivity contribution >= 4 is 11.8 Å². The Morgan fingerprint density at radius 1 is 1.11 bits per heavy atom. The van der Waals surface area contributed by atoms with Gasteiger partial charge in [-0.05, 0) is 37.1 Å². The number of hydrogen-bond donors (Lipinski definition) is 1. The summed E-state index contributed by atoms with van der Waals surface area (Å²) in [6.45, 7) is 3.98. The molecular formula is C16H16OS. The van der Waals surface area contributed by atoms with E-state index in [2.05, 4.69) is 43.3 Å². The molecule has 2 aromatic rings. The normalized spacial score (nSPS) is 21.9. The van der Waals surface area contributed by atoms with Crippen molar-refractivity contribution in [2.24, 2.45) is 0 Å². The Morgan fingerprint density at radius 2 is 1.89 bits per heavy atom. The molecule has 1 aliphatic rings. The highest BCUT2D eigenvalue weighted by Gasteiger charge is 2.30. The van der Waals surface area contributed by atoms with Gasteiger partial charge in [-0.3, -0.25) is 0 Å². The van der Waals surface area contributed by atoms with Crippen molar-refractivity contribution in [3.05, 3.63) is 59.2 Å². The van der Waals surface area contributed by atoms with E-state index in [-0.39, 0.29) is 0 Å².